The van der Waals surface area contributed by atoms with Gasteiger partial charge in [-0.25, -0.2) is 10.3 Å². The molecule has 0 bridgehead atoms. The normalized spacial score (nSPS) is 44.6. The van der Waals surface area contributed by atoms with E-state index in [1.807, 2.05) is 0 Å². The molecule has 5 nitrogen and oxygen atoms in total. The van der Waals surface area contributed by atoms with Crippen LogP contribution >= 0.6 is 34.8 Å². The Morgan fingerprint density at radius 3 is 2.27 bits per heavy atom. The molecule has 1 rings (SSSR count). The lowest BCUT2D eigenvalue weighted by Gasteiger charge is -2.35. The Labute approximate surface area is 78.0 Å². The highest BCUT2D eigenvalue weighted by molar-refractivity contribution is 6.65. The minimum absolute atomic E-state index is 0.0428. The maximum atomic E-state index is 5.58. The van der Waals surface area contributed by atoms with Gasteiger partial charge in [0.05, 0.1) is 0 Å². The number of nitrogens with two attached hydrogens (primary N) is 2. The second kappa shape index (κ2) is 2.62. The molecule has 1 aliphatic rings. The third-order valence-corrected chi connectivity index (χ3v) is 1.45. The summed E-state index contributed by atoms with van der Waals surface area (Å²) in [6, 6.07) is 0. The van der Waals surface area contributed by atoms with Gasteiger partial charge in [0.15, 0.2) is 5.29 Å². The van der Waals surface area contributed by atoms with E-state index in [0.29, 0.717) is 0 Å². The van der Waals surface area contributed by atoms with Crippen molar-refractivity contribution in [3.8, 4) is 0 Å². The molecule has 0 amide bonds. The van der Waals surface area contributed by atoms with Crippen LogP contribution in [-0.4, -0.2) is 15.8 Å². The van der Waals surface area contributed by atoms with E-state index in [-0.39, 0.29) is 5.29 Å². The minimum atomic E-state index is -1.56. The van der Waals surface area contributed by atoms with Gasteiger partial charge in [0, 0.05) is 0 Å². The Morgan fingerprint density at radius 1 is 1.36 bits per heavy atom. The maximum absolute atomic E-state index is 5.58. The molecular formula is C3H6Cl3N5. The molecule has 11 heavy (non-hydrogen) atoms. The lowest BCUT2D eigenvalue weighted by molar-refractivity contribution is 0.332. The monoisotopic (exact) mass is 217 g/mol. The van der Waals surface area contributed by atoms with E-state index in [4.69, 9.17) is 46.3 Å². The van der Waals surface area contributed by atoms with E-state index in [2.05, 4.69) is 15.6 Å². The summed E-state index contributed by atoms with van der Waals surface area (Å²) in [5, 5.41) is 1.70. The van der Waals surface area contributed by atoms with E-state index in [1.165, 1.54) is 0 Å². The second-order valence-corrected chi connectivity index (χ2v) is 3.57. The zero-order valence-electron chi connectivity index (χ0n) is 5.24. The van der Waals surface area contributed by atoms with Crippen LogP contribution < -0.4 is 22.1 Å². The van der Waals surface area contributed by atoms with Crippen LogP contribution in [0.5, 0.6) is 0 Å². The Morgan fingerprint density at radius 2 is 1.91 bits per heavy atom. The number of nitrogens with one attached hydrogen (secondary N) is 2. The Bertz CT molecular complexity index is 199. The zero-order chi connectivity index (χ0) is 8.70. The molecular weight excluding hydrogens is 212 g/mol. The summed E-state index contributed by atoms with van der Waals surface area (Å²) in [4.78, 5) is 3.55. The first kappa shape index (κ1) is 9.31. The number of amidine groups is 1. The van der Waals surface area contributed by atoms with Gasteiger partial charge < -0.3 is 5.32 Å². The van der Waals surface area contributed by atoms with Crippen LogP contribution in [0.25, 0.3) is 0 Å². The van der Waals surface area contributed by atoms with Crippen molar-refractivity contribution in [2.24, 2.45) is 16.5 Å². The van der Waals surface area contributed by atoms with Crippen LogP contribution in [0.1, 0.15) is 0 Å². The molecule has 8 heteroatoms. The summed E-state index contributed by atoms with van der Waals surface area (Å²) >= 11 is 16.6. The highest BCUT2D eigenvalue weighted by Gasteiger charge is 2.37. The quantitative estimate of drug-likeness (QED) is 0.323. The molecule has 0 aromatic heterocycles. The van der Waals surface area contributed by atoms with Crippen molar-refractivity contribution in [1.29, 1.82) is 0 Å². The Balaban J connectivity index is 2.86. The molecule has 64 valence electrons. The predicted molar refractivity (Wildman–Crippen MR) is 45.1 cm³/mol. The van der Waals surface area contributed by atoms with Crippen molar-refractivity contribution in [2.45, 2.75) is 10.5 Å². The first-order valence-electron chi connectivity index (χ1n) is 2.59. The fourth-order valence-electron chi connectivity index (χ4n) is 0.635. The predicted octanol–water partition coefficient (Wildman–Crippen LogP) is -0.608. The van der Waals surface area contributed by atoms with Gasteiger partial charge in [0.2, 0.25) is 10.5 Å². The standard InChI is InChI=1S/C3H6Cl3N5/c4-1-9-2(5,7)11-3(6,8)10-1/h11H,7-8H2,(H,9,10). The van der Waals surface area contributed by atoms with Gasteiger partial charge in [-0.15, -0.1) is 0 Å². The van der Waals surface area contributed by atoms with Crippen LogP contribution in [0.2, 0.25) is 0 Å². The summed E-state index contributed by atoms with van der Waals surface area (Å²) in [6.45, 7) is 0. The number of hydrogen-bond donors (Lipinski definition) is 4. The first-order chi connectivity index (χ1) is 4.81. The first-order valence-corrected chi connectivity index (χ1v) is 3.73. The van der Waals surface area contributed by atoms with Gasteiger partial charge in [-0.2, -0.15) is 0 Å². The summed E-state index contributed by atoms with van der Waals surface area (Å²) in [7, 11) is 0. The number of hydrogen-bond acceptors (Lipinski definition) is 5. The molecule has 2 atom stereocenters. The molecule has 0 saturated carbocycles. The zero-order valence-corrected chi connectivity index (χ0v) is 7.50. The maximum Gasteiger partial charge on any atom is 0.247 e. The van der Waals surface area contributed by atoms with E-state index in [9.17, 15) is 0 Å². The molecule has 0 aliphatic carbocycles. The van der Waals surface area contributed by atoms with E-state index in [0.717, 1.165) is 0 Å². The van der Waals surface area contributed by atoms with Crippen LogP contribution in [0.15, 0.2) is 4.99 Å². The molecule has 2 unspecified atom stereocenters. The SMILES string of the molecule is NC1(Cl)N=C(Cl)NC(N)(Cl)N1. The fourth-order valence-corrected chi connectivity index (χ4v) is 1.52. The topological polar surface area (TPSA) is 88.5 Å². The molecule has 0 saturated heterocycles. The molecule has 0 fully saturated rings. The van der Waals surface area contributed by atoms with E-state index < -0.39 is 10.5 Å². The Kier molecular flexibility index (Phi) is 2.21. The van der Waals surface area contributed by atoms with Gasteiger partial charge in [-0.3, -0.25) is 11.5 Å². The summed E-state index contributed by atoms with van der Waals surface area (Å²) < 4.78 is 0. The van der Waals surface area contributed by atoms with E-state index >= 15 is 0 Å². The number of aliphatic imine (C=N–C) groups is 1. The van der Waals surface area contributed by atoms with Crippen molar-refractivity contribution in [3.63, 3.8) is 0 Å². The summed E-state index contributed by atoms with van der Waals surface area (Å²) in [5.74, 6) is 0. The van der Waals surface area contributed by atoms with Crippen molar-refractivity contribution >= 4 is 40.1 Å². The Hall–Kier alpha value is 0.220. The van der Waals surface area contributed by atoms with Gasteiger partial charge in [-0.1, -0.05) is 23.2 Å². The smallest absolute Gasteiger partial charge is 0.247 e. The second-order valence-electron chi connectivity index (χ2n) is 2.04. The van der Waals surface area contributed by atoms with Crippen LogP contribution in [0.3, 0.4) is 0 Å². The van der Waals surface area contributed by atoms with Crippen molar-refractivity contribution in [2.75, 3.05) is 0 Å². The molecule has 0 spiro atoms. The van der Waals surface area contributed by atoms with Crippen molar-refractivity contribution < 1.29 is 0 Å². The number of nitrogens with zero attached hydrogens (tertiary/aromatic N) is 1. The van der Waals surface area contributed by atoms with Crippen molar-refractivity contribution in [1.82, 2.24) is 10.6 Å². The van der Waals surface area contributed by atoms with Gasteiger partial charge in [0.1, 0.15) is 0 Å². The molecule has 6 N–H and O–H groups in total. The number of halogens is 3. The summed E-state index contributed by atoms with van der Waals surface area (Å²) in [6.07, 6.45) is 0. The molecule has 0 radical (unpaired) electrons. The third-order valence-electron chi connectivity index (χ3n) is 0.903. The highest BCUT2D eigenvalue weighted by Crippen LogP contribution is 2.16. The van der Waals surface area contributed by atoms with Crippen LogP contribution in [0, 0.1) is 0 Å². The van der Waals surface area contributed by atoms with Crippen LogP contribution in [0.4, 0.5) is 0 Å². The average molecular weight is 218 g/mol. The number of alkyl halides is 2. The van der Waals surface area contributed by atoms with Gasteiger partial charge in [0.25, 0.3) is 0 Å². The molecule has 0 aromatic rings. The van der Waals surface area contributed by atoms with Crippen molar-refractivity contribution in [3.05, 3.63) is 0 Å². The number of rotatable bonds is 0. The fraction of sp³-hybridized carbons (Fsp3) is 0.667. The highest BCUT2D eigenvalue weighted by atomic mass is 35.5. The molecule has 1 aliphatic heterocycles. The van der Waals surface area contributed by atoms with Crippen LogP contribution in [-0.2, 0) is 0 Å². The largest absolute Gasteiger partial charge is 0.317 e. The molecule has 1 heterocycles. The third kappa shape index (κ3) is 2.62. The lowest BCUT2D eigenvalue weighted by atomic mass is 10.6. The van der Waals surface area contributed by atoms with Gasteiger partial charge >= 0.3 is 0 Å². The average Bonchev–Trinajstić information content (AvgIpc) is 1.49. The van der Waals surface area contributed by atoms with E-state index in [1.54, 1.807) is 0 Å². The molecule has 0 aromatic carbocycles. The van der Waals surface area contributed by atoms with Gasteiger partial charge in [-0.05, 0) is 11.6 Å². The lowest BCUT2D eigenvalue weighted by Crippen LogP contribution is -2.71. The minimum Gasteiger partial charge on any atom is -0.317 e. The summed E-state index contributed by atoms with van der Waals surface area (Å²) in [5.41, 5.74) is 10.7.